The molecule has 0 aliphatic rings. The van der Waals surface area contributed by atoms with Crippen molar-refractivity contribution in [1.29, 1.82) is 0 Å². The molecule has 0 amide bonds. The SMILES string of the molecule is CCC(CO)NCc1cc(Br)ccc1OCc1ccccc1F. The number of rotatable bonds is 8. The van der Waals surface area contributed by atoms with Gasteiger partial charge in [-0.15, -0.1) is 0 Å². The van der Waals surface area contributed by atoms with Gasteiger partial charge in [-0.3, -0.25) is 0 Å². The maximum Gasteiger partial charge on any atom is 0.129 e. The fourth-order valence-corrected chi connectivity index (χ4v) is 2.60. The maximum atomic E-state index is 13.7. The molecular formula is C18H21BrFNO2. The fourth-order valence-electron chi connectivity index (χ4n) is 2.19. The van der Waals surface area contributed by atoms with Gasteiger partial charge in [-0.1, -0.05) is 41.1 Å². The standard InChI is InChI=1S/C18H21BrFNO2/c1-2-16(11-22)21-10-14-9-15(19)7-8-18(14)23-12-13-5-3-4-6-17(13)20/h3-9,16,21-22H,2,10-12H2,1H3. The molecule has 2 rings (SSSR count). The van der Waals surface area contributed by atoms with Crippen LogP contribution in [0, 0.1) is 5.82 Å². The number of hydrogen-bond donors (Lipinski definition) is 2. The highest BCUT2D eigenvalue weighted by atomic mass is 79.9. The van der Waals surface area contributed by atoms with Crippen molar-refractivity contribution in [3.63, 3.8) is 0 Å². The Morgan fingerprint density at radius 3 is 2.70 bits per heavy atom. The molecule has 0 saturated heterocycles. The largest absolute Gasteiger partial charge is 0.488 e. The molecule has 0 radical (unpaired) electrons. The highest BCUT2D eigenvalue weighted by molar-refractivity contribution is 9.10. The molecule has 23 heavy (non-hydrogen) atoms. The van der Waals surface area contributed by atoms with Crippen molar-refractivity contribution in [3.05, 3.63) is 63.9 Å². The zero-order valence-electron chi connectivity index (χ0n) is 13.1. The van der Waals surface area contributed by atoms with E-state index in [1.165, 1.54) is 6.07 Å². The number of halogens is 2. The first-order chi connectivity index (χ1) is 11.1. The monoisotopic (exact) mass is 381 g/mol. The second-order valence-electron chi connectivity index (χ2n) is 5.30. The van der Waals surface area contributed by atoms with Crippen LogP contribution in [-0.2, 0) is 13.2 Å². The van der Waals surface area contributed by atoms with E-state index in [1.54, 1.807) is 18.2 Å². The van der Waals surface area contributed by atoms with Crippen molar-refractivity contribution in [2.24, 2.45) is 0 Å². The van der Waals surface area contributed by atoms with Gasteiger partial charge in [0.05, 0.1) is 6.61 Å². The topological polar surface area (TPSA) is 41.5 Å². The molecule has 0 bridgehead atoms. The Hall–Kier alpha value is -1.43. The lowest BCUT2D eigenvalue weighted by atomic mass is 10.1. The van der Waals surface area contributed by atoms with Gasteiger partial charge in [0.25, 0.3) is 0 Å². The van der Waals surface area contributed by atoms with E-state index in [0.717, 1.165) is 16.5 Å². The van der Waals surface area contributed by atoms with E-state index >= 15 is 0 Å². The molecular weight excluding hydrogens is 361 g/mol. The van der Waals surface area contributed by atoms with Crippen molar-refractivity contribution < 1.29 is 14.2 Å². The van der Waals surface area contributed by atoms with E-state index in [9.17, 15) is 9.50 Å². The van der Waals surface area contributed by atoms with Gasteiger partial charge >= 0.3 is 0 Å². The van der Waals surface area contributed by atoms with E-state index in [2.05, 4.69) is 21.2 Å². The Balaban J connectivity index is 2.07. The molecule has 3 nitrogen and oxygen atoms in total. The number of hydrogen-bond acceptors (Lipinski definition) is 3. The molecule has 1 unspecified atom stereocenters. The van der Waals surface area contributed by atoms with E-state index in [4.69, 9.17) is 4.74 Å². The molecule has 5 heteroatoms. The summed E-state index contributed by atoms with van der Waals surface area (Å²) in [5.41, 5.74) is 1.48. The summed E-state index contributed by atoms with van der Waals surface area (Å²) in [6, 6.07) is 12.4. The fraction of sp³-hybridized carbons (Fsp3) is 0.333. The number of benzene rings is 2. The molecule has 2 N–H and O–H groups in total. The molecule has 0 aliphatic heterocycles. The Morgan fingerprint density at radius 1 is 1.22 bits per heavy atom. The molecule has 2 aromatic carbocycles. The summed E-state index contributed by atoms with van der Waals surface area (Å²) in [6.45, 7) is 2.87. The number of nitrogens with one attached hydrogen (secondary N) is 1. The van der Waals surface area contributed by atoms with Crippen LogP contribution in [0.2, 0.25) is 0 Å². The van der Waals surface area contributed by atoms with Gasteiger partial charge in [-0.25, -0.2) is 4.39 Å². The van der Waals surface area contributed by atoms with Crippen LogP contribution >= 0.6 is 15.9 Å². The lowest BCUT2D eigenvalue weighted by Gasteiger charge is -2.17. The van der Waals surface area contributed by atoms with Gasteiger partial charge in [0.15, 0.2) is 0 Å². The predicted octanol–water partition coefficient (Wildman–Crippen LogP) is 4.03. The quantitative estimate of drug-likeness (QED) is 0.725. The first-order valence-electron chi connectivity index (χ1n) is 7.63. The third kappa shape index (κ3) is 5.30. The minimum atomic E-state index is -0.268. The van der Waals surface area contributed by atoms with Gasteiger partial charge < -0.3 is 15.2 Å². The van der Waals surface area contributed by atoms with Gasteiger partial charge in [0, 0.05) is 28.2 Å². The summed E-state index contributed by atoms with van der Waals surface area (Å²) in [7, 11) is 0. The van der Waals surface area contributed by atoms with Crippen molar-refractivity contribution in [2.75, 3.05) is 6.61 Å². The van der Waals surface area contributed by atoms with E-state index in [1.807, 2.05) is 25.1 Å². The van der Waals surface area contributed by atoms with Crippen LogP contribution in [0.4, 0.5) is 4.39 Å². The highest BCUT2D eigenvalue weighted by Crippen LogP contribution is 2.24. The first kappa shape index (κ1) is 17.9. The van der Waals surface area contributed by atoms with Gasteiger partial charge in [-0.05, 0) is 30.7 Å². The van der Waals surface area contributed by atoms with Crippen LogP contribution in [-0.4, -0.2) is 17.8 Å². The highest BCUT2D eigenvalue weighted by Gasteiger charge is 2.09. The number of ether oxygens (including phenoxy) is 1. The summed E-state index contributed by atoms with van der Waals surface area (Å²) in [5.74, 6) is 0.437. The lowest BCUT2D eigenvalue weighted by molar-refractivity contribution is 0.237. The Labute approximate surface area is 144 Å². The first-order valence-corrected chi connectivity index (χ1v) is 8.42. The molecule has 1 atom stereocenters. The zero-order valence-corrected chi connectivity index (χ0v) is 14.6. The van der Waals surface area contributed by atoms with Crippen LogP contribution in [0.3, 0.4) is 0 Å². The van der Waals surface area contributed by atoms with Crippen LogP contribution in [0.1, 0.15) is 24.5 Å². The number of aliphatic hydroxyl groups is 1. The van der Waals surface area contributed by atoms with Crippen LogP contribution in [0.25, 0.3) is 0 Å². The third-order valence-corrected chi connectivity index (χ3v) is 4.15. The summed E-state index contributed by atoms with van der Waals surface area (Å²) < 4.78 is 20.4. The molecule has 0 aliphatic carbocycles. The Morgan fingerprint density at radius 2 is 2.00 bits per heavy atom. The Kier molecular flexibility index (Phi) is 7.02. The third-order valence-electron chi connectivity index (χ3n) is 3.66. The van der Waals surface area contributed by atoms with Crippen LogP contribution in [0.15, 0.2) is 46.9 Å². The average molecular weight is 382 g/mol. The van der Waals surface area contributed by atoms with E-state index < -0.39 is 0 Å². The molecule has 0 heterocycles. The molecule has 124 valence electrons. The molecule has 0 spiro atoms. The molecule has 0 saturated carbocycles. The maximum absolute atomic E-state index is 13.7. The van der Waals surface area contributed by atoms with Crippen molar-refractivity contribution in [3.8, 4) is 5.75 Å². The summed E-state index contributed by atoms with van der Waals surface area (Å²) in [6.07, 6.45) is 0.843. The van der Waals surface area contributed by atoms with Gasteiger partial charge in [-0.2, -0.15) is 0 Å². The predicted molar refractivity (Wildman–Crippen MR) is 92.9 cm³/mol. The smallest absolute Gasteiger partial charge is 0.129 e. The average Bonchev–Trinajstić information content (AvgIpc) is 2.56. The normalized spacial score (nSPS) is 12.2. The second-order valence-corrected chi connectivity index (χ2v) is 6.22. The molecule has 2 aromatic rings. The molecule has 0 fully saturated rings. The minimum Gasteiger partial charge on any atom is -0.488 e. The summed E-state index contributed by atoms with van der Waals surface area (Å²) in [4.78, 5) is 0. The second kappa shape index (κ2) is 9.01. The summed E-state index contributed by atoms with van der Waals surface area (Å²) >= 11 is 3.45. The van der Waals surface area contributed by atoms with Gasteiger partial charge in [0.1, 0.15) is 18.2 Å². The molecule has 0 aromatic heterocycles. The summed E-state index contributed by atoms with van der Waals surface area (Å²) in [5, 5.41) is 12.6. The van der Waals surface area contributed by atoms with E-state index in [-0.39, 0.29) is 25.1 Å². The van der Waals surface area contributed by atoms with Crippen molar-refractivity contribution in [1.82, 2.24) is 5.32 Å². The lowest BCUT2D eigenvalue weighted by Crippen LogP contribution is -2.31. The Bertz CT molecular complexity index is 632. The minimum absolute atomic E-state index is 0.0494. The van der Waals surface area contributed by atoms with Gasteiger partial charge in [0.2, 0.25) is 0 Å². The van der Waals surface area contributed by atoms with Crippen LogP contribution < -0.4 is 10.1 Å². The number of aliphatic hydroxyl groups excluding tert-OH is 1. The van der Waals surface area contributed by atoms with Crippen LogP contribution in [0.5, 0.6) is 5.75 Å². The zero-order chi connectivity index (χ0) is 16.7. The van der Waals surface area contributed by atoms with E-state index in [0.29, 0.717) is 17.9 Å². The van der Waals surface area contributed by atoms with Crippen molar-refractivity contribution >= 4 is 15.9 Å². The van der Waals surface area contributed by atoms with Crippen molar-refractivity contribution in [2.45, 2.75) is 32.5 Å².